The molecule has 0 spiro atoms. The number of ether oxygens (including phenoxy) is 1. The Morgan fingerprint density at radius 1 is 1.53 bits per heavy atom. The third-order valence-electron chi connectivity index (χ3n) is 1.74. The summed E-state index contributed by atoms with van der Waals surface area (Å²) >= 11 is 0.889. The fourth-order valence-electron chi connectivity index (χ4n) is 0.815. The third kappa shape index (κ3) is 5.54. The minimum atomic E-state index is -0.530. The Kier molecular flexibility index (Phi) is 6.98. The molecule has 0 amide bonds. The Bertz CT molecular complexity index is 236. The topological polar surface area (TPSA) is 90.4 Å². The van der Waals surface area contributed by atoms with Crippen LogP contribution in [0, 0.1) is 5.92 Å². The van der Waals surface area contributed by atoms with Gasteiger partial charge in [-0.3, -0.25) is 5.14 Å². The molecule has 88 valence electrons. The summed E-state index contributed by atoms with van der Waals surface area (Å²) < 4.78 is 4.97. The predicted molar refractivity (Wildman–Crippen MR) is 62.5 cm³/mol. The van der Waals surface area contributed by atoms with Gasteiger partial charge in [0, 0.05) is 7.05 Å². The van der Waals surface area contributed by atoms with Crippen LogP contribution in [0.3, 0.4) is 0 Å². The lowest BCUT2D eigenvalue weighted by atomic mass is 10.1. The molecule has 0 bridgehead atoms. The monoisotopic (exact) mass is 233 g/mol. The Hall–Kier alpha value is -0.880. The van der Waals surface area contributed by atoms with Crippen LogP contribution in [0.2, 0.25) is 0 Å². The Balaban J connectivity index is 4.14. The number of nitrogens with one attached hydrogen (secondary N) is 1. The van der Waals surface area contributed by atoms with Gasteiger partial charge in [-0.05, 0) is 24.3 Å². The summed E-state index contributed by atoms with van der Waals surface area (Å²) in [5, 5.41) is 8.45. The minimum absolute atomic E-state index is 0.0220. The summed E-state index contributed by atoms with van der Waals surface area (Å²) in [6.45, 7) is 4.49. The molecule has 0 aromatic carbocycles. The number of hydrogen-bond donors (Lipinski definition) is 3. The van der Waals surface area contributed by atoms with Gasteiger partial charge < -0.3 is 15.8 Å². The number of nitrogens with two attached hydrogens (primary N) is 2. The van der Waals surface area contributed by atoms with Gasteiger partial charge in [-0.1, -0.05) is 13.8 Å². The van der Waals surface area contributed by atoms with Gasteiger partial charge in [-0.15, -0.1) is 0 Å². The first-order valence-electron chi connectivity index (χ1n) is 4.74. The zero-order chi connectivity index (χ0) is 11.8. The normalized spacial score (nSPS) is 12.3. The van der Waals surface area contributed by atoms with Crippen molar-refractivity contribution in [1.82, 2.24) is 5.32 Å². The standard InChI is InChI=1S/C9H19N3O2S/c1-6(2)4-5-14-9(13)7(10)8(12-3)15-11/h6,12H,4-5,10-11H2,1-3H3/b8-7-. The third-order valence-corrected chi connectivity index (χ3v) is 2.40. The smallest absolute Gasteiger partial charge is 0.356 e. The number of carbonyl (C=O) groups excluding carboxylic acids is 1. The summed E-state index contributed by atoms with van der Waals surface area (Å²) in [7, 11) is 1.64. The number of esters is 1. The zero-order valence-corrected chi connectivity index (χ0v) is 10.2. The van der Waals surface area contributed by atoms with Crippen molar-refractivity contribution in [3.05, 3.63) is 10.7 Å². The second-order valence-electron chi connectivity index (χ2n) is 3.43. The lowest BCUT2D eigenvalue weighted by Crippen LogP contribution is -2.22. The van der Waals surface area contributed by atoms with E-state index in [2.05, 4.69) is 19.2 Å². The Morgan fingerprint density at radius 3 is 2.53 bits per heavy atom. The van der Waals surface area contributed by atoms with Crippen molar-refractivity contribution in [3.8, 4) is 0 Å². The molecule has 0 heterocycles. The van der Waals surface area contributed by atoms with Crippen molar-refractivity contribution in [2.75, 3.05) is 13.7 Å². The van der Waals surface area contributed by atoms with E-state index in [4.69, 9.17) is 15.6 Å². The van der Waals surface area contributed by atoms with Crippen LogP contribution >= 0.6 is 11.9 Å². The Morgan fingerprint density at radius 2 is 2.13 bits per heavy atom. The molecule has 15 heavy (non-hydrogen) atoms. The Labute approximate surface area is 94.7 Å². The lowest BCUT2D eigenvalue weighted by Gasteiger charge is -2.09. The maximum Gasteiger partial charge on any atom is 0.356 e. The van der Waals surface area contributed by atoms with E-state index in [1.165, 1.54) is 0 Å². The average Bonchev–Trinajstić information content (AvgIpc) is 2.18. The van der Waals surface area contributed by atoms with E-state index < -0.39 is 5.97 Å². The molecule has 0 saturated carbocycles. The van der Waals surface area contributed by atoms with E-state index in [0.717, 1.165) is 18.4 Å². The zero-order valence-electron chi connectivity index (χ0n) is 9.37. The molecule has 0 fully saturated rings. The van der Waals surface area contributed by atoms with Crippen LogP contribution in [0.1, 0.15) is 20.3 Å². The van der Waals surface area contributed by atoms with Crippen molar-refractivity contribution in [3.63, 3.8) is 0 Å². The van der Waals surface area contributed by atoms with Gasteiger partial charge in [0.15, 0.2) is 0 Å². The molecule has 0 aliphatic rings. The van der Waals surface area contributed by atoms with Crippen molar-refractivity contribution in [2.24, 2.45) is 16.8 Å². The molecule has 0 aromatic heterocycles. The van der Waals surface area contributed by atoms with E-state index in [9.17, 15) is 4.79 Å². The maximum atomic E-state index is 11.4. The highest BCUT2D eigenvalue weighted by molar-refractivity contribution is 8.00. The second kappa shape index (κ2) is 7.42. The van der Waals surface area contributed by atoms with Gasteiger partial charge in [0.2, 0.25) is 0 Å². The molecule has 0 rings (SSSR count). The van der Waals surface area contributed by atoms with Crippen molar-refractivity contribution >= 4 is 17.9 Å². The molecular formula is C9H19N3O2S. The molecule has 0 unspecified atom stereocenters. The van der Waals surface area contributed by atoms with E-state index in [1.807, 2.05) is 0 Å². The average molecular weight is 233 g/mol. The molecule has 0 aromatic rings. The highest BCUT2D eigenvalue weighted by Gasteiger charge is 2.12. The van der Waals surface area contributed by atoms with Crippen LogP contribution in [-0.2, 0) is 9.53 Å². The van der Waals surface area contributed by atoms with Gasteiger partial charge in [0.05, 0.1) is 6.61 Å². The van der Waals surface area contributed by atoms with Gasteiger partial charge in [-0.25, -0.2) is 4.79 Å². The number of carbonyl (C=O) groups is 1. The summed E-state index contributed by atoms with van der Waals surface area (Å²) in [4.78, 5) is 11.4. The highest BCUT2D eigenvalue weighted by atomic mass is 32.2. The van der Waals surface area contributed by atoms with E-state index in [-0.39, 0.29) is 5.70 Å². The summed E-state index contributed by atoms with van der Waals surface area (Å²) in [5.74, 6) is -0.0337. The van der Waals surface area contributed by atoms with E-state index in [1.54, 1.807) is 7.05 Å². The van der Waals surface area contributed by atoms with E-state index >= 15 is 0 Å². The van der Waals surface area contributed by atoms with Crippen molar-refractivity contribution < 1.29 is 9.53 Å². The summed E-state index contributed by atoms with van der Waals surface area (Å²) in [6, 6.07) is 0. The lowest BCUT2D eigenvalue weighted by molar-refractivity contribution is -0.139. The molecule has 0 atom stereocenters. The van der Waals surface area contributed by atoms with Crippen molar-refractivity contribution in [1.29, 1.82) is 0 Å². The van der Waals surface area contributed by atoms with E-state index in [0.29, 0.717) is 17.6 Å². The number of rotatable bonds is 6. The van der Waals surface area contributed by atoms with Gasteiger partial charge in [0.1, 0.15) is 10.7 Å². The molecule has 0 saturated heterocycles. The largest absolute Gasteiger partial charge is 0.461 e. The molecule has 5 N–H and O–H groups in total. The maximum absolute atomic E-state index is 11.4. The fraction of sp³-hybridized carbons (Fsp3) is 0.667. The first-order valence-corrected chi connectivity index (χ1v) is 5.62. The van der Waals surface area contributed by atoms with Crippen LogP contribution < -0.4 is 16.2 Å². The van der Waals surface area contributed by atoms with Crippen LogP contribution in [0.15, 0.2) is 10.7 Å². The molecule has 0 aliphatic heterocycles. The van der Waals surface area contributed by atoms with Gasteiger partial charge >= 0.3 is 5.97 Å². The first-order chi connectivity index (χ1) is 7.02. The predicted octanol–water partition coefficient (Wildman–Crippen LogP) is 0.530. The van der Waals surface area contributed by atoms with Crippen LogP contribution in [-0.4, -0.2) is 19.6 Å². The quantitative estimate of drug-likeness (QED) is 0.352. The fourth-order valence-corrected chi connectivity index (χ4v) is 1.14. The summed E-state index contributed by atoms with van der Waals surface area (Å²) in [6.07, 6.45) is 0.823. The van der Waals surface area contributed by atoms with Gasteiger partial charge in [0.25, 0.3) is 0 Å². The van der Waals surface area contributed by atoms with Crippen LogP contribution in [0.4, 0.5) is 0 Å². The van der Waals surface area contributed by atoms with Gasteiger partial charge in [-0.2, -0.15) is 0 Å². The number of hydrogen-bond acceptors (Lipinski definition) is 6. The molecular weight excluding hydrogens is 214 g/mol. The summed E-state index contributed by atoms with van der Waals surface area (Å²) in [5.41, 5.74) is 5.56. The molecule has 0 aliphatic carbocycles. The van der Waals surface area contributed by atoms with Crippen LogP contribution in [0.25, 0.3) is 0 Å². The van der Waals surface area contributed by atoms with Crippen molar-refractivity contribution in [2.45, 2.75) is 20.3 Å². The minimum Gasteiger partial charge on any atom is -0.461 e. The highest BCUT2D eigenvalue weighted by Crippen LogP contribution is 2.08. The first kappa shape index (κ1) is 14.1. The second-order valence-corrected chi connectivity index (χ2v) is 4.07. The molecule has 6 heteroatoms. The van der Waals surface area contributed by atoms with Crippen LogP contribution in [0.5, 0.6) is 0 Å². The molecule has 5 nitrogen and oxygen atoms in total. The SMILES string of the molecule is CN/C(SN)=C(/N)C(=O)OCCC(C)C. The molecule has 0 radical (unpaired) electrons.